The van der Waals surface area contributed by atoms with Crippen LogP contribution in [0.15, 0.2) is 12.1 Å². The normalized spacial score (nSPS) is 28.2. The minimum atomic E-state index is -1.41. The second-order valence-corrected chi connectivity index (χ2v) is 5.40. The number of nitrogens with one attached hydrogen (secondary N) is 1. The summed E-state index contributed by atoms with van der Waals surface area (Å²) in [5, 5.41) is 3.11. The van der Waals surface area contributed by atoms with Crippen LogP contribution in [0.25, 0.3) is 0 Å². The maximum absolute atomic E-state index is 13.1. The highest BCUT2D eigenvalue weighted by molar-refractivity contribution is 5.45. The first-order chi connectivity index (χ1) is 8.47. The van der Waals surface area contributed by atoms with E-state index in [2.05, 4.69) is 19.2 Å². The highest BCUT2D eigenvalue weighted by Gasteiger charge is 2.25. The number of anilines is 1. The molecule has 1 aliphatic rings. The zero-order valence-electron chi connectivity index (χ0n) is 10.6. The van der Waals surface area contributed by atoms with Crippen LogP contribution in [0.3, 0.4) is 0 Å². The van der Waals surface area contributed by atoms with Crippen LogP contribution in [-0.2, 0) is 0 Å². The Kier molecular flexibility index (Phi) is 3.83. The SMILES string of the molecule is CC1CCC(Nc2cc(F)c(F)c(F)c2)C(C)C1. The zero-order valence-corrected chi connectivity index (χ0v) is 10.6. The minimum absolute atomic E-state index is 0.200. The summed E-state index contributed by atoms with van der Waals surface area (Å²) in [6.45, 7) is 4.34. The number of hydrogen-bond donors (Lipinski definition) is 1. The molecule has 0 radical (unpaired) electrons. The fraction of sp³-hybridized carbons (Fsp3) is 0.571. The molecule has 100 valence electrons. The highest BCUT2D eigenvalue weighted by Crippen LogP contribution is 2.31. The second-order valence-electron chi connectivity index (χ2n) is 5.40. The van der Waals surface area contributed by atoms with E-state index in [1.54, 1.807) is 0 Å². The molecule has 0 saturated heterocycles. The quantitative estimate of drug-likeness (QED) is 0.777. The molecule has 0 bridgehead atoms. The molecule has 0 amide bonds. The smallest absolute Gasteiger partial charge is 0.194 e. The van der Waals surface area contributed by atoms with Crippen molar-refractivity contribution in [2.45, 2.75) is 39.2 Å². The number of benzene rings is 1. The summed E-state index contributed by atoms with van der Waals surface area (Å²) in [6.07, 6.45) is 3.18. The molecule has 18 heavy (non-hydrogen) atoms. The van der Waals surface area contributed by atoms with E-state index in [-0.39, 0.29) is 6.04 Å². The monoisotopic (exact) mass is 257 g/mol. The number of hydrogen-bond acceptors (Lipinski definition) is 1. The molecule has 1 aliphatic carbocycles. The summed E-state index contributed by atoms with van der Waals surface area (Å²) in [5.74, 6) is -2.56. The Morgan fingerprint density at radius 3 is 2.22 bits per heavy atom. The van der Waals surface area contributed by atoms with Crippen LogP contribution in [0, 0.1) is 29.3 Å². The molecule has 1 N–H and O–H groups in total. The predicted octanol–water partition coefficient (Wildman–Crippen LogP) is 4.34. The molecule has 1 aromatic carbocycles. The van der Waals surface area contributed by atoms with Crippen molar-refractivity contribution >= 4 is 5.69 Å². The molecule has 1 saturated carbocycles. The average molecular weight is 257 g/mol. The fourth-order valence-corrected chi connectivity index (χ4v) is 2.73. The molecule has 3 atom stereocenters. The Morgan fingerprint density at radius 2 is 1.67 bits per heavy atom. The van der Waals surface area contributed by atoms with E-state index in [4.69, 9.17) is 0 Å². The third kappa shape index (κ3) is 2.79. The van der Waals surface area contributed by atoms with Crippen LogP contribution in [-0.4, -0.2) is 6.04 Å². The van der Waals surface area contributed by atoms with Crippen LogP contribution >= 0.6 is 0 Å². The van der Waals surface area contributed by atoms with Gasteiger partial charge >= 0.3 is 0 Å². The molecule has 1 fully saturated rings. The van der Waals surface area contributed by atoms with Crippen LogP contribution in [0.5, 0.6) is 0 Å². The summed E-state index contributed by atoms with van der Waals surface area (Å²) in [5.41, 5.74) is 0.317. The van der Waals surface area contributed by atoms with Gasteiger partial charge in [-0.25, -0.2) is 13.2 Å². The van der Waals surface area contributed by atoms with Gasteiger partial charge in [-0.1, -0.05) is 13.8 Å². The second kappa shape index (κ2) is 5.21. The van der Waals surface area contributed by atoms with Gasteiger partial charge in [-0.3, -0.25) is 0 Å². The van der Waals surface area contributed by atoms with Crippen molar-refractivity contribution < 1.29 is 13.2 Å². The zero-order chi connectivity index (χ0) is 13.3. The summed E-state index contributed by atoms with van der Waals surface area (Å²) < 4.78 is 39.0. The first-order valence-corrected chi connectivity index (χ1v) is 6.38. The van der Waals surface area contributed by atoms with E-state index >= 15 is 0 Å². The lowest BCUT2D eigenvalue weighted by molar-refractivity contribution is 0.276. The Balaban J connectivity index is 2.10. The minimum Gasteiger partial charge on any atom is -0.382 e. The lowest BCUT2D eigenvalue weighted by Crippen LogP contribution is -2.33. The van der Waals surface area contributed by atoms with Crippen molar-refractivity contribution in [3.05, 3.63) is 29.6 Å². The predicted molar refractivity (Wildman–Crippen MR) is 65.9 cm³/mol. The van der Waals surface area contributed by atoms with Crippen LogP contribution in [0.1, 0.15) is 33.1 Å². The molecule has 3 unspecified atom stereocenters. The van der Waals surface area contributed by atoms with E-state index in [1.165, 1.54) is 0 Å². The molecule has 2 rings (SSSR count). The van der Waals surface area contributed by atoms with Crippen LogP contribution in [0.2, 0.25) is 0 Å². The van der Waals surface area contributed by atoms with Crippen molar-refractivity contribution in [1.82, 2.24) is 0 Å². The first-order valence-electron chi connectivity index (χ1n) is 6.38. The maximum Gasteiger partial charge on any atom is 0.194 e. The van der Waals surface area contributed by atoms with Crippen molar-refractivity contribution in [3.8, 4) is 0 Å². The van der Waals surface area contributed by atoms with Gasteiger partial charge in [-0.15, -0.1) is 0 Å². The summed E-state index contributed by atoms with van der Waals surface area (Å²) in [4.78, 5) is 0. The van der Waals surface area contributed by atoms with Gasteiger partial charge < -0.3 is 5.32 Å². The number of halogens is 3. The van der Waals surface area contributed by atoms with Crippen LogP contribution in [0.4, 0.5) is 18.9 Å². The van der Waals surface area contributed by atoms with Gasteiger partial charge in [0.15, 0.2) is 17.5 Å². The van der Waals surface area contributed by atoms with Crippen molar-refractivity contribution in [1.29, 1.82) is 0 Å². The molecule has 0 aromatic heterocycles. The van der Waals surface area contributed by atoms with E-state index in [0.717, 1.165) is 31.4 Å². The van der Waals surface area contributed by atoms with Gasteiger partial charge in [0.25, 0.3) is 0 Å². The van der Waals surface area contributed by atoms with Crippen molar-refractivity contribution in [2.75, 3.05) is 5.32 Å². The summed E-state index contributed by atoms with van der Waals surface area (Å²) in [6, 6.07) is 2.23. The topological polar surface area (TPSA) is 12.0 Å². The highest BCUT2D eigenvalue weighted by atomic mass is 19.2. The van der Waals surface area contributed by atoms with Gasteiger partial charge in [0.05, 0.1) is 0 Å². The average Bonchev–Trinajstić information content (AvgIpc) is 2.29. The molecule has 0 aliphatic heterocycles. The summed E-state index contributed by atoms with van der Waals surface area (Å²) in [7, 11) is 0. The molecule has 0 heterocycles. The van der Waals surface area contributed by atoms with Gasteiger partial charge in [-0.05, 0) is 31.1 Å². The fourth-order valence-electron chi connectivity index (χ4n) is 2.73. The molecule has 1 aromatic rings. The lowest BCUT2D eigenvalue weighted by atomic mass is 9.80. The van der Waals surface area contributed by atoms with Crippen molar-refractivity contribution in [2.24, 2.45) is 11.8 Å². The van der Waals surface area contributed by atoms with Crippen molar-refractivity contribution in [3.63, 3.8) is 0 Å². The van der Waals surface area contributed by atoms with E-state index in [0.29, 0.717) is 17.5 Å². The Labute approximate surface area is 105 Å². The largest absolute Gasteiger partial charge is 0.382 e. The molecular formula is C14H18F3N. The Hall–Kier alpha value is -1.19. The molecule has 4 heteroatoms. The van der Waals surface area contributed by atoms with Gasteiger partial charge in [0, 0.05) is 23.9 Å². The summed E-state index contributed by atoms with van der Waals surface area (Å²) >= 11 is 0. The standard InChI is InChI=1S/C14H18F3N/c1-8-3-4-13(9(2)5-8)18-10-6-11(15)14(17)12(16)7-10/h6-9,13,18H,3-5H2,1-2H3. The van der Waals surface area contributed by atoms with E-state index in [9.17, 15) is 13.2 Å². The van der Waals surface area contributed by atoms with Crippen LogP contribution < -0.4 is 5.32 Å². The third-order valence-electron chi connectivity index (χ3n) is 3.77. The molecule has 1 nitrogen and oxygen atoms in total. The lowest BCUT2D eigenvalue weighted by Gasteiger charge is -2.33. The van der Waals surface area contributed by atoms with Gasteiger partial charge in [-0.2, -0.15) is 0 Å². The molecular weight excluding hydrogens is 239 g/mol. The Bertz CT molecular complexity index is 410. The first kappa shape index (κ1) is 13.2. The Morgan fingerprint density at radius 1 is 1.06 bits per heavy atom. The van der Waals surface area contributed by atoms with Gasteiger partial charge in [0.2, 0.25) is 0 Å². The molecule has 0 spiro atoms. The van der Waals surface area contributed by atoms with E-state index < -0.39 is 17.5 Å². The van der Waals surface area contributed by atoms with E-state index in [1.807, 2.05) is 0 Å². The maximum atomic E-state index is 13.1. The third-order valence-corrected chi connectivity index (χ3v) is 3.77. The van der Waals surface area contributed by atoms with Gasteiger partial charge in [0.1, 0.15) is 0 Å². The number of rotatable bonds is 2.